The van der Waals surface area contributed by atoms with Crippen molar-refractivity contribution in [1.29, 1.82) is 0 Å². The predicted molar refractivity (Wildman–Crippen MR) is 48.7 cm³/mol. The van der Waals surface area contributed by atoms with Gasteiger partial charge in [0.1, 0.15) is 0 Å². The molecule has 4 atom stereocenters. The molecule has 2 aliphatic carbocycles. The van der Waals surface area contributed by atoms with E-state index in [1.165, 1.54) is 0 Å². The third-order valence-electron chi connectivity index (χ3n) is 2.97. The summed E-state index contributed by atoms with van der Waals surface area (Å²) in [6.07, 6.45) is 9.26. The van der Waals surface area contributed by atoms with Crippen LogP contribution in [0.25, 0.3) is 0 Å². The zero-order valence-electron chi connectivity index (χ0n) is 7.27. The summed E-state index contributed by atoms with van der Waals surface area (Å²) >= 11 is 0. The Balaban J connectivity index is 2.18. The molecule has 2 rings (SSSR count). The van der Waals surface area contributed by atoms with Crippen molar-refractivity contribution in [3.05, 3.63) is 24.3 Å². The molecule has 12 heavy (non-hydrogen) atoms. The van der Waals surface area contributed by atoms with Gasteiger partial charge in [0, 0.05) is 12.0 Å². The molecule has 66 valence electrons. The van der Waals surface area contributed by atoms with Gasteiger partial charge in [0.25, 0.3) is 0 Å². The first-order valence-corrected chi connectivity index (χ1v) is 4.53. The Hall–Kier alpha value is -0.600. The maximum Gasteiger partial charge on any atom is 0.0704 e. The number of nitrogens with one attached hydrogen (secondary N) is 1. The Bertz CT molecular complexity index is 222. The molecule has 0 aromatic rings. The van der Waals surface area contributed by atoms with Crippen molar-refractivity contribution in [3.8, 4) is 0 Å². The minimum atomic E-state index is -0.183. The fourth-order valence-electron chi connectivity index (χ4n) is 2.36. The minimum Gasteiger partial charge on any atom is -0.391 e. The van der Waals surface area contributed by atoms with E-state index < -0.39 is 0 Å². The normalized spacial score (nSPS) is 44.8. The summed E-state index contributed by atoms with van der Waals surface area (Å²) in [5, 5.41) is 12.9. The van der Waals surface area contributed by atoms with Crippen molar-refractivity contribution in [3.63, 3.8) is 0 Å². The van der Waals surface area contributed by atoms with Crippen molar-refractivity contribution >= 4 is 0 Å². The van der Waals surface area contributed by atoms with Crippen LogP contribution in [0.2, 0.25) is 0 Å². The van der Waals surface area contributed by atoms with Gasteiger partial charge < -0.3 is 10.4 Å². The molecule has 2 unspecified atom stereocenters. The van der Waals surface area contributed by atoms with Crippen LogP contribution in [-0.4, -0.2) is 24.3 Å². The molecule has 0 aromatic heterocycles. The first-order chi connectivity index (χ1) is 5.83. The Morgan fingerprint density at radius 2 is 2.08 bits per heavy atom. The van der Waals surface area contributed by atoms with Gasteiger partial charge in [0.15, 0.2) is 0 Å². The summed E-state index contributed by atoms with van der Waals surface area (Å²) < 4.78 is 0. The van der Waals surface area contributed by atoms with Gasteiger partial charge in [0.2, 0.25) is 0 Å². The highest BCUT2D eigenvalue weighted by molar-refractivity contribution is 5.20. The monoisotopic (exact) mass is 165 g/mol. The lowest BCUT2D eigenvalue weighted by Crippen LogP contribution is -2.37. The molecule has 2 aliphatic rings. The third kappa shape index (κ3) is 1.11. The van der Waals surface area contributed by atoms with E-state index >= 15 is 0 Å². The second-order valence-corrected chi connectivity index (χ2v) is 3.63. The first-order valence-electron chi connectivity index (χ1n) is 4.53. The molecule has 0 spiro atoms. The number of fused-ring (bicyclic) bond motifs is 1. The number of aliphatic hydroxyl groups excluding tert-OH is 1. The lowest BCUT2D eigenvalue weighted by atomic mass is 9.90. The van der Waals surface area contributed by atoms with Gasteiger partial charge in [-0.25, -0.2) is 0 Å². The summed E-state index contributed by atoms with van der Waals surface area (Å²) in [5.41, 5.74) is 0. The molecule has 0 radical (unpaired) electrons. The number of allylic oxidation sites excluding steroid dienone is 3. The zero-order chi connectivity index (χ0) is 8.55. The average Bonchev–Trinajstić information content (AvgIpc) is 2.40. The minimum absolute atomic E-state index is 0.183. The van der Waals surface area contributed by atoms with Gasteiger partial charge in [-0.3, -0.25) is 0 Å². The van der Waals surface area contributed by atoms with E-state index in [0.29, 0.717) is 11.8 Å². The van der Waals surface area contributed by atoms with Crippen LogP contribution in [0, 0.1) is 11.8 Å². The van der Waals surface area contributed by atoms with Crippen LogP contribution in [-0.2, 0) is 0 Å². The van der Waals surface area contributed by atoms with Crippen molar-refractivity contribution in [2.24, 2.45) is 11.8 Å². The van der Waals surface area contributed by atoms with Crippen LogP contribution in [0.4, 0.5) is 0 Å². The van der Waals surface area contributed by atoms with E-state index in [1.807, 2.05) is 7.05 Å². The number of aliphatic hydroxyl groups is 1. The molecular formula is C10H15NO. The Morgan fingerprint density at radius 1 is 1.33 bits per heavy atom. The predicted octanol–water partition coefficient (Wildman–Crippen LogP) is 0.697. The number of rotatable bonds is 1. The highest BCUT2D eigenvalue weighted by atomic mass is 16.3. The van der Waals surface area contributed by atoms with E-state index in [0.717, 1.165) is 6.42 Å². The van der Waals surface area contributed by atoms with Gasteiger partial charge in [-0.1, -0.05) is 24.3 Å². The van der Waals surface area contributed by atoms with E-state index in [1.54, 1.807) is 0 Å². The summed E-state index contributed by atoms with van der Waals surface area (Å²) in [4.78, 5) is 0. The summed E-state index contributed by atoms with van der Waals surface area (Å²) in [7, 11) is 1.92. The van der Waals surface area contributed by atoms with Crippen LogP contribution in [0.5, 0.6) is 0 Å². The SMILES string of the molecule is CN[C@H]1C2C=CC=CC2C[C@H]1O. The van der Waals surface area contributed by atoms with Crippen molar-refractivity contribution in [2.75, 3.05) is 7.05 Å². The van der Waals surface area contributed by atoms with E-state index in [-0.39, 0.29) is 12.1 Å². The highest BCUT2D eigenvalue weighted by Crippen LogP contribution is 2.36. The van der Waals surface area contributed by atoms with E-state index in [4.69, 9.17) is 0 Å². The number of likely N-dealkylation sites (N-methyl/N-ethyl adjacent to an activating group) is 1. The molecule has 0 aliphatic heterocycles. The molecule has 2 heteroatoms. The molecule has 2 nitrogen and oxygen atoms in total. The van der Waals surface area contributed by atoms with Crippen molar-refractivity contribution < 1.29 is 5.11 Å². The molecular weight excluding hydrogens is 150 g/mol. The van der Waals surface area contributed by atoms with Crippen molar-refractivity contribution in [2.45, 2.75) is 18.6 Å². The summed E-state index contributed by atoms with van der Waals surface area (Å²) in [5.74, 6) is 1.04. The highest BCUT2D eigenvalue weighted by Gasteiger charge is 2.39. The van der Waals surface area contributed by atoms with E-state index in [2.05, 4.69) is 29.6 Å². The van der Waals surface area contributed by atoms with Crippen LogP contribution in [0.3, 0.4) is 0 Å². The summed E-state index contributed by atoms with van der Waals surface area (Å²) in [6, 6.07) is 0.246. The third-order valence-corrected chi connectivity index (χ3v) is 2.97. The maximum atomic E-state index is 9.69. The largest absolute Gasteiger partial charge is 0.391 e. The standard InChI is InChI=1S/C10H15NO/c1-11-10-8-5-3-2-4-7(8)6-9(10)12/h2-5,7-12H,6H2,1H3/t7?,8?,9-,10+/m1/s1. The van der Waals surface area contributed by atoms with Crippen LogP contribution in [0.1, 0.15) is 6.42 Å². The Labute approximate surface area is 73.0 Å². The lowest BCUT2D eigenvalue weighted by Gasteiger charge is -2.21. The number of hydrogen-bond donors (Lipinski definition) is 2. The number of hydrogen-bond acceptors (Lipinski definition) is 2. The topological polar surface area (TPSA) is 32.3 Å². The first kappa shape index (κ1) is 8.02. The van der Waals surface area contributed by atoms with Crippen LogP contribution in [0.15, 0.2) is 24.3 Å². The van der Waals surface area contributed by atoms with Gasteiger partial charge in [-0.2, -0.15) is 0 Å². The van der Waals surface area contributed by atoms with Crippen molar-refractivity contribution in [1.82, 2.24) is 5.32 Å². The lowest BCUT2D eigenvalue weighted by molar-refractivity contribution is 0.146. The quantitative estimate of drug-likeness (QED) is 0.599. The maximum absolute atomic E-state index is 9.69. The molecule has 0 saturated heterocycles. The van der Waals surface area contributed by atoms with Gasteiger partial charge in [-0.05, 0) is 19.4 Å². The van der Waals surface area contributed by atoms with Gasteiger partial charge in [0.05, 0.1) is 6.10 Å². The van der Waals surface area contributed by atoms with E-state index in [9.17, 15) is 5.11 Å². The van der Waals surface area contributed by atoms with Gasteiger partial charge >= 0.3 is 0 Å². The molecule has 1 saturated carbocycles. The fraction of sp³-hybridized carbons (Fsp3) is 0.600. The Kier molecular flexibility index (Phi) is 2.03. The molecule has 0 heterocycles. The second-order valence-electron chi connectivity index (χ2n) is 3.63. The Morgan fingerprint density at radius 3 is 2.83 bits per heavy atom. The molecule has 0 aromatic carbocycles. The summed E-state index contributed by atoms with van der Waals surface area (Å²) in [6.45, 7) is 0. The molecule has 1 fully saturated rings. The van der Waals surface area contributed by atoms with Crippen LogP contribution < -0.4 is 5.32 Å². The molecule has 0 bridgehead atoms. The average molecular weight is 165 g/mol. The molecule has 2 N–H and O–H groups in total. The molecule has 0 amide bonds. The zero-order valence-corrected chi connectivity index (χ0v) is 7.27. The van der Waals surface area contributed by atoms with Gasteiger partial charge in [-0.15, -0.1) is 0 Å². The second kappa shape index (κ2) is 3.04. The smallest absolute Gasteiger partial charge is 0.0704 e. The van der Waals surface area contributed by atoms with Crippen LogP contribution >= 0.6 is 0 Å². The fourth-order valence-corrected chi connectivity index (χ4v) is 2.36.